The number of aldehydes is 1. The second kappa shape index (κ2) is 20.7. The Morgan fingerprint density at radius 2 is 1.73 bits per heavy atom. The van der Waals surface area contributed by atoms with Gasteiger partial charge in [0.15, 0.2) is 0 Å². The first-order chi connectivity index (χ1) is 14.7. The van der Waals surface area contributed by atoms with Crippen LogP contribution in [0.25, 0.3) is 0 Å². The van der Waals surface area contributed by atoms with Gasteiger partial charge in [0.05, 0.1) is 6.10 Å². The van der Waals surface area contributed by atoms with Crippen LogP contribution in [0.3, 0.4) is 0 Å². The Morgan fingerprint density at radius 1 is 1.07 bits per heavy atom. The third-order valence-corrected chi connectivity index (χ3v) is 5.39. The van der Waals surface area contributed by atoms with Crippen molar-refractivity contribution >= 4 is 6.29 Å². The Balaban J connectivity index is 0.000000712. The fourth-order valence-corrected chi connectivity index (χ4v) is 3.61. The van der Waals surface area contributed by atoms with E-state index in [9.17, 15) is 14.3 Å². The lowest BCUT2D eigenvalue weighted by atomic mass is 9.99. The lowest BCUT2D eigenvalue weighted by molar-refractivity contribution is -0.107. The van der Waals surface area contributed by atoms with E-state index in [1.165, 1.54) is 57.1 Å². The summed E-state index contributed by atoms with van der Waals surface area (Å²) >= 11 is 0. The molecule has 0 bridgehead atoms. The number of carbonyl (C=O) groups is 1. The van der Waals surface area contributed by atoms with Gasteiger partial charge < -0.3 is 15.0 Å². The highest BCUT2D eigenvalue weighted by Crippen LogP contribution is 2.29. The molecule has 1 aliphatic rings. The SMILES string of the molecule is CCCCCCC=O.CO.OC(/C=C/CCc1ccc(F)cc1)CCC1CCCC1. The topological polar surface area (TPSA) is 57.5 Å². The molecule has 1 unspecified atom stereocenters. The summed E-state index contributed by atoms with van der Waals surface area (Å²) in [6, 6.07) is 6.63. The third kappa shape index (κ3) is 16.3. The first-order valence-corrected chi connectivity index (χ1v) is 11.6. The number of aliphatic hydroxyl groups excluding tert-OH is 2. The van der Waals surface area contributed by atoms with Crippen molar-refractivity contribution < 1.29 is 19.4 Å². The quantitative estimate of drug-likeness (QED) is 0.232. The summed E-state index contributed by atoms with van der Waals surface area (Å²) in [5, 5.41) is 16.9. The summed E-state index contributed by atoms with van der Waals surface area (Å²) in [4.78, 5) is 9.77. The summed E-state index contributed by atoms with van der Waals surface area (Å²) in [7, 11) is 1.00. The molecule has 0 radical (unpaired) electrons. The van der Waals surface area contributed by atoms with Gasteiger partial charge in [0, 0.05) is 13.5 Å². The third-order valence-electron chi connectivity index (χ3n) is 5.39. The zero-order chi connectivity index (χ0) is 22.5. The standard InChI is InChI=1S/C18H25FO.C7H14O.CH4O/c19-17-12-9-16(10-13-17)7-3-4-8-18(20)14-11-15-5-1-2-6-15;1-2-3-4-5-6-7-8;1-2/h4,8-10,12-13,15,18,20H,1-3,5-7,11,14H2;7H,2-6H2,1H3;2H,1H3/b8-4+;;. The van der Waals surface area contributed by atoms with Crippen LogP contribution in [0.15, 0.2) is 36.4 Å². The van der Waals surface area contributed by atoms with Crippen molar-refractivity contribution in [1.82, 2.24) is 0 Å². The number of hydrogen-bond donors (Lipinski definition) is 2. The van der Waals surface area contributed by atoms with Crippen LogP contribution < -0.4 is 0 Å². The summed E-state index contributed by atoms with van der Waals surface area (Å²) in [6.07, 6.45) is 19.5. The van der Waals surface area contributed by atoms with Gasteiger partial charge in [-0.2, -0.15) is 0 Å². The number of carbonyl (C=O) groups excluding carboxylic acids is 1. The lowest BCUT2D eigenvalue weighted by Crippen LogP contribution is -2.05. The van der Waals surface area contributed by atoms with E-state index in [0.29, 0.717) is 0 Å². The van der Waals surface area contributed by atoms with Crippen LogP contribution in [-0.2, 0) is 11.2 Å². The molecule has 0 saturated heterocycles. The largest absolute Gasteiger partial charge is 0.400 e. The van der Waals surface area contributed by atoms with Crippen LogP contribution in [0.4, 0.5) is 4.39 Å². The number of hydrogen-bond acceptors (Lipinski definition) is 3. The maximum atomic E-state index is 12.7. The minimum atomic E-state index is -0.302. The second-order valence-electron chi connectivity index (χ2n) is 7.90. The van der Waals surface area contributed by atoms with E-state index in [0.717, 1.165) is 63.4 Å². The van der Waals surface area contributed by atoms with Crippen LogP contribution in [-0.4, -0.2) is 29.7 Å². The number of halogens is 1. The maximum absolute atomic E-state index is 12.7. The van der Waals surface area contributed by atoms with Gasteiger partial charge in [-0.15, -0.1) is 0 Å². The number of benzene rings is 1. The Bertz CT molecular complexity index is 522. The minimum absolute atomic E-state index is 0.188. The summed E-state index contributed by atoms with van der Waals surface area (Å²) < 4.78 is 12.7. The number of rotatable bonds is 12. The summed E-state index contributed by atoms with van der Waals surface area (Å²) in [5.74, 6) is 0.656. The second-order valence-corrected chi connectivity index (χ2v) is 7.90. The molecule has 0 spiro atoms. The molecule has 30 heavy (non-hydrogen) atoms. The predicted molar refractivity (Wildman–Crippen MR) is 124 cm³/mol. The fraction of sp³-hybridized carbons (Fsp3) is 0.654. The Kier molecular flexibility index (Phi) is 19.7. The van der Waals surface area contributed by atoms with E-state index in [1.54, 1.807) is 0 Å². The Morgan fingerprint density at radius 3 is 2.33 bits per heavy atom. The minimum Gasteiger partial charge on any atom is -0.400 e. The number of aliphatic hydroxyl groups is 2. The molecule has 4 heteroatoms. The van der Waals surface area contributed by atoms with Crippen molar-refractivity contribution in [1.29, 1.82) is 0 Å². The molecule has 1 aromatic rings. The van der Waals surface area contributed by atoms with E-state index >= 15 is 0 Å². The van der Waals surface area contributed by atoms with Gasteiger partial charge in [0.1, 0.15) is 12.1 Å². The van der Waals surface area contributed by atoms with E-state index in [4.69, 9.17) is 5.11 Å². The lowest BCUT2D eigenvalue weighted by Gasteiger charge is -2.10. The van der Waals surface area contributed by atoms with Crippen LogP contribution in [0.5, 0.6) is 0 Å². The molecule has 0 amide bonds. The van der Waals surface area contributed by atoms with Crippen molar-refractivity contribution in [3.8, 4) is 0 Å². The highest BCUT2D eigenvalue weighted by Gasteiger charge is 2.15. The molecular weight excluding hydrogens is 379 g/mol. The van der Waals surface area contributed by atoms with E-state index < -0.39 is 0 Å². The van der Waals surface area contributed by atoms with Gasteiger partial charge in [-0.05, 0) is 55.7 Å². The molecule has 172 valence electrons. The molecule has 1 aromatic carbocycles. The zero-order valence-electron chi connectivity index (χ0n) is 19.1. The number of aryl methyl sites for hydroxylation is 1. The molecule has 0 heterocycles. The van der Waals surface area contributed by atoms with Gasteiger partial charge in [-0.3, -0.25) is 0 Å². The highest BCUT2D eigenvalue weighted by molar-refractivity contribution is 5.48. The molecule has 1 saturated carbocycles. The molecule has 1 aliphatic carbocycles. The zero-order valence-corrected chi connectivity index (χ0v) is 19.1. The van der Waals surface area contributed by atoms with Crippen LogP contribution in [0.2, 0.25) is 0 Å². The predicted octanol–water partition coefficient (Wildman–Crippen LogP) is 6.41. The van der Waals surface area contributed by atoms with Gasteiger partial charge in [0.2, 0.25) is 0 Å². The van der Waals surface area contributed by atoms with Crippen LogP contribution >= 0.6 is 0 Å². The summed E-state index contributed by atoms with van der Waals surface area (Å²) in [6.45, 7) is 2.17. The van der Waals surface area contributed by atoms with Gasteiger partial charge >= 0.3 is 0 Å². The van der Waals surface area contributed by atoms with Crippen molar-refractivity contribution in [3.63, 3.8) is 0 Å². The maximum Gasteiger partial charge on any atom is 0.123 e. The van der Waals surface area contributed by atoms with Crippen molar-refractivity contribution in [3.05, 3.63) is 47.8 Å². The Hall–Kier alpha value is -1.52. The van der Waals surface area contributed by atoms with E-state index in [2.05, 4.69) is 6.92 Å². The van der Waals surface area contributed by atoms with Crippen molar-refractivity contribution in [2.75, 3.05) is 7.11 Å². The van der Waals surface area contributed by atoms with E-state index in [-0.39, 0.29) is 11.9 Å². The molecule has 0 aromatic heterocycles. The van der Waals surface area contributed by atoms with E-state index in [1.807, 2.05) is 24.3 Å². The number of unbranched alkanes of at least 4 members (excludes halogenated alkanes) is 4. The molecule has 2 N–H and O–H groups in total. The first-order valence-electron chi connectivity index (χ1n) is 11.6. The van der Waals surface area contributed by atoms with Crippen molar-refractivity contribution in [2.24, 2.45) is 5.92 Å². The highest BCUT2D eigenvalue weighted by atomic mass is 19.1. The van der Waals surface area contributed by atoms with Crippen LogP contribution in [0, 0.1) is 11.7 Å². The van der Waals surface area contributed by atoms with Crippen molar-refractivity contribution in [2.45, 2.75) is 96.5 Å². The Labute approximate surface area is 183 Å². The van der Waals surface area contributed by atoms with Gasteiger partial charge in [-0.1, -0.05) is 76.2 Å². The average molecular weight is 423 g/mol. The fourth-order valence-electron chi connectivity index (χ4n) is 3.61. The normalized spacial score (nSPS) is 14.6. The molecule has 3 nitrogen and oxygen atoms in total. The van der Waals surface area contributed by atoms with Gasteiger partial charge in [0.25, 0.3) is 0 Å². The first kappa shape index (κ1) is 28.5. The number of allylic oxidation sites excluding steroid dienone is 1. The molecular formula is C26H43FO3. The molecule has 2 rings (SSSR count). The molecule has 1 atom stereocenters. The van der Waals surface area contributed by atoms with Crippen LogP contribution in [0.1, 0.15) is 89.5 Å². The molecule has 1 fully saturated rings. The smallest absolute Gasteiger partial charge is 0.123 e. The van der Waals surface area contributed by atoms with Gasteiger partial charge in [-0.25, -0.2) is 4.39 Å². The molecule has 0 aliphatic heterocycles. The average Bonchev–Trinajstić information content (AvgIpc) is 3.30. The monoisotopic (exact) mass is 422 g/mol. The summed E-state index contributed by atoms with van der Waals surface area (Å²) in [5.41, 5.74) is 1.14.